The summed E-state index contributed by atoms with van der Waals surface area (Å²) in [5.41, 5.74) is 1.21. The molecule has 0 radical (unpaired) electrons. The fourth-order valence-electron chi connectivity index (χ4n) is 3.69. The van der Waals surface area contributed by atoms with Crippen LogP contribution in [0.5, 0.6) is 5.75 Å². The summed E-state index contributed by atoms with van der Waals surface area (Å²) in [6, 6.07) is 11.6. The van der Waals surface area contributed by atoms with Gasteiger partial charge in [-0.3, -0.25) is 9.69 Å². The third-order valence-corrected chi connectivity index (χ3v) is 5.36. The molecule has 0 unspecified atom stereocenters. The van der Waals surface area contributed by atoms with E-state index in [1.54, 1.807) is 12.1 Å². The molecule has 0 aliphatic carbocycles. The number of alkyl halides is 3. The Morgan fingerprint density at radius 3 is 2.53 bits per heavy atom. The molecule has 1 atom stereocenters. The topological polar surface area (TPSA) is 75.8 Å². The Labute approximate surface area is 182 Å². The Morgan fingerprint density at radius 2 is 1.88 bits per heavy atom. The number of aliphatic carboxylic acids is 1. The number of halogens is 3. The molecule has 168 valence electrons. The number of carboxylic acid groups (broad SMARTS) is 1. The lowest BCUT2D eigenvalue weighted by atomic mass is 10.1. The minimum Gasteiger partial charge on any atom is -0.487 e. The van der Waals surface area contributed by atoms with Gasteiger partial charge in [-0.2, -0.15) is 13.2 Å². The van der Waals surface area contributed by atoms with E-state index >= 15 is 0 Å². The van der Waals surface area contributed by atoms with Crippen LogP contribution in [0.25, 0.3) is 11.5 Å². The van der Waals surface area contributed by atoms with Crippen molar-refractivity contribution in [2.24, 2.45) is 0 Å². The van der Waals surface area contributed by atoms with Gasteiger partial charge in [0.15, 0.2) is 0 Å². The maximum atomic E-state index is 12.7. The summed E-state index contributed by atoms with van der Waals surface area (Å²) in [7, 11) is 0. The Bertz CT molecular complexity index is 1060. The Kier molecular flexibility index (Phi) is 6.18. The molecule has 0 spiro atoms. The lowest BCUT2D eigenvalue weighted by molar-refractivity contribution is -0.142. The van der Waals surface area contributed by atoms with E-state index < -0.39 is 23.8 Å². The van der Waals surface area contributed by atoms with Gasteiger partial charge in [0.1, 0.15) is 30.4 Å². The molecule has 0 bridgehead atoms. The zero-order chi connectivity index (χ0) is 22.7. The molecule has 1 fully saturated rings. The summed E-state index contributed by atoms with van der Waals surface area (Å²) in [4.78, 5) is 17.5. The number of hydrogen-bond donors (Lipinski definition) is 1. The molecule has 1 aliphatic rings. The predicted molar refractivity (Wildman–Crippen MR) is 109 cm³/mol. The highest BCUT2D eigenvalue weighted by Crippen LogP contribution is 2.31. The number of aromatic nitrogens is 1. The number of ether oxygens (including phenoxy) is 1. The molecule has 3 aromatic rings. The fourth-order valence-corrected chi connectivity index (χ4v) is 3.69. The van der Waals surface area contributed by atoms with Crippen molar-refractivity contribution in [3.63, 3.8) is 0 Å². The van der Waals surface area contributed by atoms with Gasteiger partial charge in [0.25, 0.3) is 0 Å². The minimum atomic E-state index is -4.39. The summed E-state index contributed by atoms with van der Waals surface area (Å²) >= 11 is 0. The van der Waals surface area contributed by atoms with E-state index in [2.05, 4.69) is 4.98 Å². The van der Waals surface area contributed by atoms with Gasteiger partial charge in [0, 0.05) is 12.1 Å². The van der Waals surface area contributed by atoms with Crippen LogP contribution in [0.15, 0.2) is 59.2 Å². The molecule has 6 nitrogen and oxygen atoms in total. The monoisotopic (exact) mass is 446 g/mol. The molecule has 1 saturated heterocycles. The fraction of sp³-hybridized carbons (Fsp3) is 0.304. The molecule has 2 heterocycles. The van der Waals surface area contributed by atoms with Gasteiger partial charge in [-0.1, -0.05) is 12.1 Å². The van der Waals surface area contributed by atoms with Crippen LogP contribution in [-0.2, 0) is 24.1 Å². The number of benzene rings is 2. The van der Waals surface area contributed by atoms with Crippen LogP contribution in [0, 0.1) is 0 Å². The minimum absolute atomic E-state index is 0.136. The summed E-state index contributed by atoms with van der Waals surface area (Å²) in [5, 5.41) is 9.28. The van der Waals surface area contributed by atoms with Gasteiger partial charge in [-0.25, -0.2) is 4.98 Å². The van der Waals surface area contributed by atoms with E-state index in [0.717, 1.165) is 30.7 Å². The lowest BCUT2D eigenvalue weighted by Gasteiger charge is -2.21. The highest BCUT2D eigenvalue weighted by atomic mass is 19.4. The van der Waals surface area contributed by atoms with Crippen molar-refractivity contribution in [2.75, 3.05) is 6.54 Å². The number of carboxylic acids is 1. The van der Waals surface area contributed by atoms with Crippen molar-refractivity contribution >= 4 is 5.97 Å². The molecule has 0 saturated carbocycles. The number of nitrogens with zero attached hydrogens (tertiary/aromatic N) is 2. The van der Waals surface area contributed by atoms with Gasteiger partial charge >= 0.3 is 12.1 Å². The molecular formula is C23H21F3N2O4. The van der Waals surface area contributed by atoms with E-state index in [9.17, 15) is 23.1 Å². The van der Waals surface area contributed by atoms with Gasteiger partial charge in [-0.15, -0.1) is 0 Å². The zero-order valence-electron chi connectivity index (χ0n) is 17.0. The maximum absolute atomic E-state index is 12.7. The van der Waals surface area contributed by atoms with Crippen molar-refractivity contribution in [3.8, 4) is 17.2 Å². The molecule has 0 amide bonds. The standard InChI is InChI=1S/C23H21F3N2O4/c24-23(25,26)17-7-5-16(6-8-17)21-27-18(14-32-21)13-31-19-9-3-15(4-10-19)12-28-11-1-2-20(28)22(29)30/h3-10,14,20H,1-2,11-13H2,(H,29,30)/t20-/m1/s1. The highest BCUT2D eigenvalue weighted by molar-refractivity contribution is 5.73. The molecule has 9 heteroatoms. The predicted octanol–water partition coefficient (Wildman–Crippen LogP) is 4.99. The first kappa shape index (κ1) is 21.9. The second-order valence-electron chi connectivity index (χ2n) is 7.62. The lowest BCUT2D eigenvalue weighted by Crippen LogP contribution is -2.35. The molecule has 32 heavy (non-hydrogen) atoms. The molecule has 1 aromatic heterocycles. The number of carbonyl (C=O) groups is 1. The first-order chi connectivity index (χ1) is 15.3. The van der Waals surface area contributed by atoms with E-state index in [1.807, 2.05) is 17.0 Å². The normalized spacial score (nSPS) is 16.9. The van der Waals surface area contributed by atoms with Gasteiger partial charge < -0.3 is 14.3 Å². The first-order valence-electron chi connectivity index (χ1n) is 10.1. The van der Waals surface area contributed by atoms with E-state index in [0.29, 0.717) is 30.0 Å². The van der Waals surface area contributed by atoms with E-state index in [1.165, 1.54) is 18.4 Å². The van der Waals surface area contributed by atoms with Crippen LogP contribution in [0.2, 0.25) is 0 Å². The van der Waals surface area contributed by atoms with Crippen LogP contribution < -0.4 is 4.74 Å². The van der Waals surface area contributed by atoms with Crippen LogP contribution in [0.1, 0.15) is 29.7 Å². The van der Waals surface area contributed by atoms with E-state index in [4.69, 9.17) is 9.15 Å². The number of rotatable bonds is 7. The Morgan fingerprint density at radius 1 is 1.16 bits per heavy atom. The van der Waals surface area contributed by atoms with Crippen LogP contribution in [0.4, 0.5) is 13.2 Å². The van der Waals surface area contributed by atoms with Crippen molar-refractivity contribution in [2.45, 2.75) is 38.2 Å². The number of hydrogen-bond acceptors (Lipinski definition) is 5. The maximum Gasteiger partial charge on any atom is 0.416 e. The average molecular weight is 446 g/mol. The van der Waals surface area contributed by atoms with Crippen molar-refractivity contribution in [3.05, 3.63) is 71.6 Å². The number of oxazole rings is 1. The number of likely N-dealkylation sites (tertiary alicyclic amines) is 1. The smallest absolute Gasteiger partial charge is 0.416 e. The largest absolute Gasteiger partial charge is 0.487 e. The second-order valence-corrected chi connectivity index (χ2v) is 7.62. The van der Waals surface area contributed by atoms with Gasteiger partial charge in [0.05, 0.1) is 5.56 Å². The Hall–Kier alpha value is -3.33. The molecule has 2 aromatic carbocycles. The van der Waals surface area contributed by atoms with Crippen molar-refractivity contribution in [1.82, 2.24) is 9.88 Å². The molecule has 1 N–H and O–H groups in total. The highest BCUT2D eigenvalue weighted by Gasteiger charge is 2.31. The summed E-state index contributed by atoms with van der Waals surface area (Å²) < 4.78 is 49.1. The Balaban J connectivity index is 1.32. The summed E-state index contributed by atoms with van der Waals surface area (Å²) in [6.45, 7) is 1.47. The summed E-state index contributed by atoms with van der Waals surface area (Å²) in [6.07, 6.45) is -1.44. The van der Waals surface area contributed by atoms with Crippen molar-refractivity contribution in [1.29, 1.82) is 0 Å². The first-order valence-corrected chi connectivity index (χ1v) is 10.1. The molecule has 4 rings (SSSR count). The zero-order valence-corrected chi connectivity index (χ0v) is 17.0. The van der Waals surface area contributed by atoms with Crippen molar-refractivity contribution < 1.29 is 32.2 Å². The third kappa shape index (κ3) is 5.11. The van der Waals surface area contributed by atoms with E-state index in [-0.39, 0.29) is 12.5 Å². The molecular weight excluding hydrogens is 425 g/mol. The quantitative estimate of drug-likeness (QED) is 0.551. The van der Waals surface area contributed by atoms with Crippen LogP contribution >= 0.6 is 0 Å². The second kappa shape index (κ2) is 9.04. The SMILES string of the molecule is O=C(O)[C@H]1CCCN1Cc1ccc(OCc2coc(-c3ccc(C(F)(F)F)cc3)n2)cc1. The summed E-state index contributed by atoms with van der Waals surface area (Å²) in [5.74, 6) is 0.0426. The van der Waals surface area contributed by atoms with Gasteiger partial charge in [0.2, 0.25) is 5.89 Å². The van der Waals surface area contributed by atoms with Crippen LogP contribution in [-0.4, -0.2) is 33.5 Å². The van der Waals surface area contributed by atoms with Gasteiger partial charge in [-0.05, 0) is 61.3 Å². The molecule has 1 aliphatic heterocycles. The third-order valence-electron chi connectivity index (χ3n) is 5.36. The average Bonchev–Trinajstić information content (AvgIpc) is 3.42. The van der Waals surface area contributed by atoms with Crippen LogP contribution in [0.3, 0.4) is 0 Å².